The summed E-state index contributed by atoms with van der Waals surface area (Å²) >= 11 is 0. The molecule has 4 aromatic rings. The number of para-hydroxylation sites is 1. The van der Waals surface area contributed by atoms with Crippen LogP contribution in [0.25, 0.3) is 0 Å². The zero-order valence-corrected chi connectivity index (χ0v) is 22.9. The van der Waals surface area contributed by atoms with Gasteiger partial charge in [0.15, 0.2) is 0 Å². The molecule has 0 heterocycles. The SMILES string of the molecule is Cc1ccccc1CN(c1ccc(C(=O)Nc2ccccc2C(=O)N[C@H](C)c2ccccc2)cc1)S(C)(=O)=O. The molecule has 2 amide bonds. The van der Waals surface area contributed by atoms with Gasteiger partial charge in [0.2, 0.25) is 10.0 Å². The topological polar surface area (TPSA) is 95.6 Å². The summed E-state index contributed by atoms with van der Waals surface area (Å²) in [5.74, 6) is -0.722. The fraction of sp³-hybridized carbons (Fsp3) is 0.161. The van der Waals surface area contributed by atoms with Crippen LogP contribution in [0.3, 0.4) is 0 Å². The summed E-state index contributed by atoms with van der Waals surface area (Å²) in [5.41, 5.74) is 4.35. The summed E-state index contributed by atoms with van der Waals surface area (Å²) in [4.78, 5) is 26.1. The Labute approximate surface area is 229 Å². The molecule has 4 rings (SSSR count). The summed E-state index contributed by atoms with van der Waals surface area (Å²) in [6.45, 7) is 4.01. The quantitative estimate of drug-likeness (QED) is 0.284. The fourth-order valence-corrected chi connectivity index (χ4v) is 5.08. The van der Waals surface area contributed by atoms with Crippen molar-refractivity contribution in [3.8, 4) is 0 Å². The van der Waals surface area contributed by atoms with Crippen LogP contribution in [0.4, 0.5) is 11.4 Å². The molecule has 0 saturated heterocycles. The van der Waals surface area contributed by atoms with Gasteiger partial charge in [0.25, 0.3) is 11.8 Å². The van der Waals surface area contributed by atoms with E-state index in [-0.39, 0.29) is 18.5 Å². The van der Waals surface area contributed by atoms with Crippen molar-refractivity contribution < 1.29 is 18.0 Å². The minimum Gasteiger partial charge on any atom is -0.345 e. The molecular formula is C31H31N3O4S. The largest absolute Gasteiger partial charge is 0.345 e. The van der Waals surface area contributed by atoms with Crippen LogP contribution in [-0.2, 0) is 16.6 Å². The van der Waals surface area contributed by atoms with E-state index in [2.05, 4.69) is 10.6 Å². The van der Waals surface area contributed by atoms with Crippen LogP contribution in [0.5, 0.6) is 0 Å². The third-order valence-electron chi connectivity index (χ3n) is 6.46. The van der Waals surface area contributed by atoms with Gasteiger partial charge in [-0.15, -0.1) is 0 Å². The minimum atomic E-state index is -3.57. The van der Waals surface area contributed by atoms with Crippen LogP contribution in [0.2, 0.25) is 0 Å². The molecule has 1 atom stereocenters. The van der Waals surface area contributed by atoms with Crippen LogP contribution < -0.4 is 14.9 Å². The molecule has 0 unspecified atom stereocenters. The van der Waals surface area contributed by atoms with Gasteiger partial charge in [-0.05, 0) is 66.9 Å². The van der Waals surface area contributed by atoms with E-state index in [1.807, 2.05) is 68.4 Å². The van der Waals surface area contributed by atoms with Crippen LogP contribution in [0.15, 0.2) is 103 Å². The van der Waals surface area contributed by atoms with Crippen molar-refractivity contribution in [2.75, 3.05) is 15.9 Å². The summed E-state index contributed by atoms with van der Waals surface area (Å²) in [5, 5.41) is 5.79. The molecule has 0 aliphatic rings. The molecule has 0 saturated carbocycles. The summed E-state index contributed by atoms with van der Waals surface area (Å²) in [6, 6.07) is 30.2. The van der Waals surface area contributed by atoms with Crippen molar-refractivity contribution in [2.24, 2.45) is 0 Å². The lowest BCUT2D eigenvalue weighted by Crippen LogP contribution is -2.29. The van der Waals surface area contributed by atoms with Gasteiger partial charge < -0.3 is 10.6 Å². The molecule has 0 aliphatic carbocycles. The second kappa shape index (κ2) is 12.0. The Bertz CT molecular complexity index is 1570. The van der Waals surface area contributed by atoms with E-state index in [0.29, 0.717) is 22.5 Å². The average molecular weight is 542 g/mol. The number of nitrogens with one attached hydrogen (secondary N) is 2. The molecular weight excluding hydrogens is 510 g/mol. The van der Waals surface area contributed by atoms with Gasteiger partial charge in [0.05, 0.1) is 35.8 Å². The van der Waals surface area contributed by atoms with Crippen molar-refractivity contribution in [3.63, 3.8) is 0 Å². The van der Waals surface area contributed by atoms with Gasteiger partial charge >= 0.3 is 0 Å². The van der Waals surface area contributed by atoms with Gasteiger partial charge in [0.1, 0.15) is 0 Å². The van der Waals surface area contributed by atoms with Crippen molar-refractivity contribution in [1.29, 1.82) is 0 Å². The third-order valence-corrected chi connectivity index (χ3v) is 7.60. The number of hydrogen-bond acceptors (Lipinski definition) is 4. The number of nitrogens with zero attached hydrogens (tertiary/aromatic N) is 1. The highest BCUT2D eigenvalue weighted by molar-refractivity contribution is 7.92. The van der Waals surface area contributed by atoms with Crippen LogP contribution >= 0.6 is 0 Å². The predicted octanol–water partition coefficient (Wildman–Crippen LogP) is 5.70. The molecule has 4 aromatic carbocycles. The number of carbonyl (C=O) groups is 2. The predicted molar refractivity (Wildman–Crippen MR) is 155 cm³/mol. The monoisotopic (exact) mass is 541 g/mol. The Morgan fingerprint density at radius 2 is 1.41 bits per heavy atom. The van der Waals surface area contributed by atoms with Crippen LogP contribution in [0.1, 0.15) is 50.4 Å². The van der Waals surface area contributed by atoms with E-state index in [9.17, 15) is 18.0 Å². The van der Waals surface area contributed by atoms with Crippen molar-refractivity contribution in [1.82, 2.24) is 5.32 Å². The number of anilines is 2. The maximum atomic E-state index is 13.1. The molecule has 0 radical (unpaired) electrons. The minimum absolute atomic E-state index is 0.181. The number of hydrogen-bond donors (Lipinski definition) is 2. The normalized spacial score (nSPS) is 11.9. The Morgan fingerprint density at radius 1 is 0.795 bits per heavy atom. The number of benzene rings is 4. The van der Waals surface area contributed by atoms with Crippen LogP contribution in [0, 0.1) is 6.92 Å². The van der Waals surface area contributed by atoms with Gasteiger partial charge in [0, 0.05) is 5.56 Å². The van der Waals surface area contributed by atoms with E-state index in [4.69, 9.17) is 0 Å². The number of sulfonamides is 1. The summed E-state index contributed by atoms with van der Waals surface area (Å²) in [6.07, 6.45) is 1.16. The van der Waals surface area contributed by atoms with Crippen molar-refractivity contribution >= 4 is 33.2 Å². The van der Waals surface area contributed by atoms with Crippen molar-refractivity contribution in [2.45, 2.75) is 26.4 Å². The van der Waals surface area contributed by atoms with E-state index in [1.165, 1.54) is 4.31 Å². The Balaban J connectivity index is 1.50. The lowest BCUT2D eigenvalue weighted by atomic mass is 10.1. The van der Waals surface area contributed by atoms with Gasteiger partial charge in [-0.3, -0.25) is 13.9 Å². The molecule has 0 aromatic heterocycles. The number of rotatable bonds is 9. The van der Waals surface area contributed by atoms with E-state index in [0.717, 1.165) is 22.9 Å². The number of carbonyl (C=O) groups excluding carboxylic acids is 2. The van der Waals surface area contributed by atoms with Crippen molar-refractivity contribution in [3.05, 3.63) is 131 Å². The second-order valence-corrected chi connectivity index (χ2v) is 11.3. The molecule has 8 heteroatoms. The fourth-order valence-electron chi connectivity index (χ4n) is 4.21. The highest BCUT2D eigenvalue weighted by Crippen LogP contribution is 2.24. The number of amides is 2. The first-order valence-corrected chi connectivity index (χ1v) is 14.4. The zero-order valence-electron chi connectivity index (χ0n) is 22.1. The summed E-state index contributed by atoms with van der Waals surface area (Å²) < 4.78 is 26.5. The lowest BCUT2D eigenvalue weighted by Gasteiger charge is -2.23. The Hall–Kier alpha value is -4.43. The lowest BCUT2D eigenvalue weighted by molar-refractivity contribution is 0.0940. The van der Waals surface area contributed by atoms with Gasteiger partial charge in [-0.1, -0.05) is 66.7 Å². The molecule has 0 fully saturated rings. The smallest absolute Gasteiger partial charge is 0.255 e. The molecule has 39 heavy (non-hydrogen) atoms. The van der Waals surface area contributed by atoms with E-state index in [1.54, 1.807) is 48.5 Å². The zero-order chi connectivity index (χ0) is 28.0. The average Bonchev–Trinajstić information content (AvgIpc) is 2.92. The Morgan fingerprint density at radius 3 is 2.08 bits per heavy atom. The van der Waals surface area contributed by atoms with E-state index >= 15 is 0 Å². The van der Waals surface area contributed by atoms with Gasteiger partial charge in [-0.25, -0.2) is 8.42 Å². The molecule has 2 N–H and O–H groups in total. The first-order valence-electron chi connectivity index (χ1n) is 12.5. The highest BCUT2D eigenvalue weighted by atomic mass is 32.2. The molecule has 200 valence electrons. The van der Waals surface area contributed by atoms with E-state index < -0.39 is 15.9 Å². The first kappa shape index (κ1) is 27.6. The third kappa shape index (κ3) is 6.91. The second-order valence-electron chi connectivity index (χ2n) is 9.35. The molecule has 0 spiro atoms. The van der Waals surface area contributed by atoms with Crippen LogP contribution in [-0.4, -0.2) is 26.5 Å². The first-order chi connectivity index (χ1) is 18.6. The molecule has 7 nitrogen and oxygen atoms in total. The highest BCUT2D eigenvalue weighted by Gasteiger charge is 2.20. The maximum Gasteiger partial charge on any atom is 0.255 e. The maximum absolute atomic E-state index is 13.1. The van der Waals surface area contributed by atoms with Gasteiger partial charge in [-0.2, -0.15) is 0 Å². The molecule has 0 bridgehead atoms. The Kier molecular flexibility index (Phi) is 8.46. The molecule has 0 aliphatic heterocycles. The number of aryl methyl sites for hydroxylation is 1. The summed E-state index contributed by atoms with van der Waals surface area (Å²) in [7, 11) is -3.57. The standard InChI is InChI=1S/C31H31N3O4S/c1-22-11-7-8-14-26(22)21-34(39(3,37)38)27-19-17-25(18-20-27)30(35)33-29-16-10-9-15-28(29)31(36)32-23(2)24-12-5-4-6-13-24/h4-20,23H,21H2,1-3H3,(H,32,36)(H,33,35)/t23-/m1/s1.